The third kappa shape index (κ3) is 4.41. The van der Waals surface area contributed by atoms with E-state index >= 15 is 0 Å². The SMILES string of the molecule is c1ccc(-c2ccc(N(c3ccc4c(c3)C3(c5ccccc5-c5ccccc53)c3ccccc3-4)c3ccc4c(c3)C3(c5ccccc5-c5ccccc53)c3c-4oc4ccccc34)cc2)cc1. The number of benzene rings is 10. The number of hydrogen-bond donors (Lipinski definition) is 0. The third-order valence-corrected chi connectivity index (χ3v) is 15.3. The van der Waals surface area contributed by atoms with Gasteiger partial charge in [0.15, 0.2) is 0 Å². The number of para-hydroxylation sites is 1. The van der Waals surface area contributed by atoms with E-state index < -0.39 is 10.8 Å². The Morgan fingerprint density at radius 3 is 1.23 bits per heavy atom. The first-order chi connectivity index (χ1) is 32.7. The van der Waals surface area contributed by atoms with Crippen molar-refractivity contribution in [2.24, 2.45) is 0 Å². The molecule has 10 aromatic carbocycles. The molecule has 4 aliphatic rings. The first kappa shape index (κ1) is 35.9. The van der Waals surface area contributed by atoms with Crippen molar-refractivity contribution in [3.8, 4) is 55.8 Å². The van der Waals surface area contributed by atoms with Crippen molar-refractivity contribution < 1.29 is 4.42 Å². The van der Waals surface area contributed by atoms with Gasteiger partial charge in [0.2, 0.25) is 0 Å². The maximum Gasteiger partial charge on any atom is 0.140 e. The van der Waals surface area contributed by atoms with Crippen molar-refractivity contribution in [3.05, 3.63) is 281 Å². The Morgan fingerprint density at radius 2 is 0.682 bits per heavy atom. The lowest BCUT2D eigenvalue weighted by molar-refractivity contribution is 0.628. The maximum absolute atomic E-state index is 6.96. The van der Waals surface area contributed by atoms with E-state index in [-0.39, 0.29) is 0 Å². The highest BCUT2D eigenvalue weighted by molar-refractivity contribution is 6.03. The molecule has 0 radical (unpaired) electrons. The van der Waals surface area contributed by atoms with Crippen LogP contribution < -0.4 is 4.90 Å². The van der Waals surface area contributed by atoms with Crippen LogP contribution in [-0.4, -0.2) is 0 Å². The fraction of sp³-hybridized carbons (Fsp3) is 0.0312. The van der Waals surface area contributed by atoms with Crippen molar-refractivity contribution in [2.45, 2.75) is 10.8 Å². The van der Waals surface area contributed by atoms with Crippen molar-refractivity contribution in [1.82, 2.24) is 0 Å². The molecule has 2 nitrogen and oxygen atoms in total. The fourth-order valence-electron chi connectivity index (χ4n) is 12.8. The Balaban J connectivity index is 1.00. The van der Waals surface area contributed by atoms with E-state index in [1.807, 2.05) is 0 Å². The van der Waals surface area contributed by atoms with Gasteiger partial charge in [-0.15, -0.1) is 0 Å². The molecule has 0 saturated carbocycles. The van der Waals surface area contributed by atoms with Gasteiger partial charge in [-0.1, -0.05) is 188 Å². The summed E-state index contributed by atoms with van der Waals surface area (Å²) in [7, 11) is 0. The average Bonchev–Trinajstić information content (AvgIpc) is 4.15. The summed E-state index contributed by atoms with van der Waals surface area (Å²) in [6.07, 6.45) is 0. The first-order valence-electron chi connectivity index (χ1n) is 23.0. The average molecular weight is 838 g/mol. The molecular weight excluding hydrogens is 799 g/mol. The van der Waals surface area contributed by atoms with E-state index in [4.69, 9.17) is 4.42 Å². The zero-order chi connectivity index (χ0) is 43.1. The Bertz CT molecular complexity index is 3730. The summed E-state index contributed by atoms with van der Waals surface area (Å²) in [5.74, 6) is 0.957. The molecule has 15 rings (SSSR count). The zero-order valence-electron chi connectivity index (χ0n) is 35.9. The number of anilines is 3. The predicted octanol–water partition coefficient (Wildman–Crippen LogP) is 16.3. The van der Waals surface area contributed by atoms with Crippen LogP contribution in [0.2, 0.25) is 0 Å². The quantitative estimate of drug-likeness (QED) is 0.176. The topological polar surface area (TPSA) is 16.4 Å². The van der Waals surface area contributed by atoms with Crippen LogP contribution in [0.4, 0.5) is 17.1 Å². The summed E-state index contributed by atoms with van der Waals surface area (Å²) in [5, 5.41) is 1.16. The van der Waals surface area contributed by atoms with Gasteiger partial charge < -0.3 is 9.32 Å². The second kappa shape index (κ2) is 13.1. The van der Waals surface area contributed by atoms with Crippen LogP contribution in [0.15, 0.2) is 241 Å². The molecule has 0 atom stereocenters. The van der Waals surface area contributed by atoms with Crippen molar-refractivity contribution >= 4 is 28.0 Å². The highest BCUT2D eigenvalue weighted by Gasteiger charge is 2.55. The second-order valence-electron chi connectivity index (χ2n) is 18.2. The number of furan rings is 1. The van der Waals surface area contributed by atoms with Gasteiger partial charge in [-0.05, 0) is 132 Å². The summed E-state index contributed by atoms with van der Waals surface area (Å²) in [6, 6.07) is 88.0. The molecule has 0 aliphatic heterocycles. The summed E-state index contributed by atoms with van der Waals surface area (Å²) in [5.41, 5.74) is 24.8. The summed E-state index contributed by atoms with van der Waals surface area (Å²) >= 11 is 0. The van der Waals surface area contributed by atoms with Crippen LogP contribution in [0.25, 0.3) is 66.8 Å². The predicted molar refractivity (Wildman–Crippen MR) is 269 cm³/mol. The lowest BCUT2D eigenvalue weighted by Gasteiger charge is -2.33. The van der Waals surface area contributed by atoms with Crippen LogP contribution in [0.3, 0.4) is 0 Å². The van der Waals surface area contributed by atoms with Gasteiger partial charge >= 0.3 is 0 Å². The summed E-state index contributed by atoms with van der Waals surface area (Å²) in [6.45, 7) is 0. The van der Waals surface area contributed by atoms with Gasteiger partial charge in [0.1, 0.15) is 11.3 Å². The molecule has 2 spiro atoms. The van der Waals surface area contributed by atoms with Crippen LogP contribution in [-0.2, 0) is 10.8 Å². The lowest BCUT2D eigenvalue weighted by atomic mass is 9.70. The number of hydrogen-bond acceptors (Lipinski definition) is 2. The minimum Gasteiger partial charge on any atom is -0.456 e. The standard InChI is InChI=1S/C64H39NO/c1-2-16-40(17-3-1)41-30-32-42(33-31-41)65(43-34-36-50-49-22-6-12-26-55(49)63(58(50)38-43)53-24-10-4-18-45(53)46-19-5-11-25-54(46)63)44-35-37-51-59(39-44)64(61-52-23-9-15-29-60(52)66-62(51)61)56-27-13-7-20-47(56)48-21-8-14-28-57(48)64/h1-39H. The Hall–Kier alpha value is -8.46. The monoisotopic (exact) mass is 837 g/mol. The van der Waals surface area contributed by atoms with Gasteiger partial charge in [-0.25, -0.2) is 0 Å². The fourth-order valence-corrected chi connectivity index (χ4v) is 12.8. The number of nitrogens with zero attached hydrogens (tertiary/aromatic N) is 1. The molecule has 0 fully saturated rings. The van der Waals surface area contributed by atoms with Crippen molar-refractivity contribution in [3.63, 3.8) is 0 Å². The van der Waals surface area contributed by atoms with E-state index in [0.29, 0.717) is 0 Å². The molecule has 0 saturated heterocycles. The highest BCUT2D eigenvalue weighted by Crippen LogP contribution is 2.66. The van der Waals surface area contributed by atoms with E-state index in [0.717, 1.165) is 39.4 Å². The number of fused-ring (bicyclic) bond motifs is 22. The molecule has 306 valence electrons. The van der Waals surface area contributed by atoms with Crippen LogP contribution >= 0.6 is 0 Å². The van der Waals surface area contributed by atoms with Crippen LogP contribution in [0.1, 0.15) is 44.5 Å². The van der Waals surface area contributed by atoms with Gasteiger partial charge in [0.05, 0.1) is 10.8 Å². The minimum absolute atomic E-state index is 0.466. The van der Waals surface area contributed by atoms with Crippen LogP contribution in [0.5, 0.6) is 0 Å². The summed E-state index contributed by atoms with van der Waals surface area (Å²) < 4.78 is 6.96. The molecule has 0 bridgehead atoms. The second-order valence-corrected chi connectivity index (χ2v) is 18.2. The molecule has 2 heteroatoms. The Kier molecular flexibility index (Phi) is 7.11. The van der Waals surface area contributed by atoms with E-state index in [2.05, 4.69) is 241 Å². The van der Waals surface area contributed by atoms with Gasteiger partial charge in [0.25, 0.3) is 0 Å². The largest absolute Gasteiger partial charge is 0.456 e. The van der Waals surface area contributed by atoms with E-state index in [9.17, 15) is 0 Å². The minimum atomic E-state index is -0.579. The molecule has 1 heterocycles. The Labute approximate surface area is 383 Å². The molecular formula is C64H39NO. The molecule has 0 amide bonds. The smallest absolute Gasteiger partial charge is 0.140 e. The van der Waals surface area contributed by atoms with E-state index in [1.165, 1.54) is 89.0 Å². The van der Waals surface area contributed by atoms with Crippen LogP contribution in [0, 0.1) is 0 Å². The Morgan fingerprint density at radius 1 is 0.288 bits per heavy atom. The van der Waals surface area contributed by atoms with Crippen molar-refractivity contribution in [1.29, 1.82) is 0 Å². The van der Waals surface area contributed by atoms with Gasteiger partial charge in [-0.3, -0.25) is 0 Å². The van der Waals surface area contributed by atoms with Crippen molar-refractivity contribution in [2.75, 3.05) is 4.90 Å². The lowest BCUT2D eigenvalue weighted by Crippen LogP contribution is -2.26. The third-order valence-electron chi connectivity index (χ3n) is 15.3. The summed E-state index contributed by atoms with van der Waals surface area (Å²) in [4.78, 5) is 2.48. The maximum atomic E-state index is 6.96. The zero-order valence-corrected chi connectivity index (χ0v) is 35.9. The molecule has 0 unspecified atom stereocenters. The normalized spacial score (nSPS) is 14.3. The molecule has 1 aromatic heterocycles. The molecule has 66 heavy (non-hydrogen) atoms. The number of rotatable bonds is 4. The molecule has 4 aliphatic carbocycles. The molecule has 0 N–H and O–H groups in total. The van der Waals surface area contributed by atoms with Gasteiger partial charge in [0, 0.05) is 33.6 Å². The molecule has 11 aromatic rings. The first-order valence-corrected chi connectivity index (χ1v) is 23.0. The van der Waals surface area contributed by atoms with Gasteiger partial charge in [-0.2, -0.15) is 0 Å². The van der Waals surface area contributed by atoms with E-state index in [1.54, 1.807) is 0 Å². The highest BCUT2D eigenvalue weighted by atomic mass is 16.3.